The summed E-state index contributed by atoms with van der Waals surface area (Å²) in [6, 6.07) is 7.82. The van der Waals surface area contributed by atoms with E-state index >= 15 is 0 Å². The lowest BCUT2D eigenvalue weighted by Gasteiger charge is -2.10. The predicted molar refractivity (Wildman–Crippen MR) is 94.7 cm³/mol. The molecule has 6 heteroatoms. The molecule has 1 N–H and O–H groups in total. The maximum absolute atomic E-state index is 6.15. The van der Waals surface area contributed by atoms with Crippen molar-refractivity contribution in [3.63, 3.8) is 0 Å². The second kappa shape index (κ2) is 7.47. The predicted octanol–water partition coefficient (Wildman–Crippen LogP) is 4.77. The molecule has 1 heterocycles. The van der Waals surface area contributed by atoms with Gasteiger partial charge in [0.05, 0.1) is 20.0 Å². The summed E-state index contributed by atoms with van der Waals surface area (Å²) >= 11 is 10.1. The van der Waals surface area contributed by atoms with Crippen LogP contribution in [0.2, 0.25) is 5.02 Å². The summed E-state index contributed by atoms with van der Waals surface area (Å²) in [4.78, 5) is 10.2. The molecule has 0 atom stereocenters. The smallest absolute Gasteiger partial charge is 0.143 e. The van der Waals surface area contributed by atoms with E-state index in [1.807, 2.05) is 31.2 Å². The number of nitrogens with zero attached hydrogens (tertiary/aromatic N) is 2. The SMILES string of the molecule is CCNc1nc(CSc2ccccc2Cl)nc(C)c1I. The Bertz CT molecular complexity index is 607. The molecule has 0 unspecified atom stereocenters. The first-order valence-corrected chi connectivity index (χ1v) is 8.70. The lowest BCUT2D eigenvalue weighted by atomic mass is 10.4. The lowest BCUT2D eigenvalue weighted by Crippen LogP contribution is -2.07. The highest BCUT2D eigenvalue weighted by molar-refractivity contribution is 14.1. The minimum atomic E-state index is 0.708. The molecule has 3 nitrogen and oxygen atoms in total. The van der Waals surface area contributed by atoms with Crippen LogP contribution in [0.1, 0.15) is 18.4 Å². The van der Waals surface area contributed by atoms with Crippen LogP contribution in [0.25, 0.3) is 0 Å². The van der Waals surface area contributed by atoms with Gasteiger partial charge in [-0.25, -0.2) is 9.97 Å². The van der Waals surface area contributed by atoms with Gasteiger partial charge in [0, 0.05) is 11.4 Å². The second-order valence-electron chi connectivity index (χ2n) is 4.14. The molecule has 0 fully saturated rings. The topological polar surface area (TPSA) is 37.8 Å². The third-order valence-electron chi connectivity index (χ3n) is 2.60. The summed E-state index contributed by atoms with van der Waals surface area (Å²) in [6.07, 6.45) is 0. The number of benzene rings is 1. The molecule has 0 amide bonds. The molecule has 0 aliphatic heterocycles. The van der Waals surface area contributed by atoms with Crippen molar-refractivity contribution < 1.29 is 0 Å². The van der Waals surface area contributed by atoms with E-state index in [2.05, 4.69) is 44.8 Å². The highest BCUT2D eigenvalue weighted by Crippen LogP contribution is 2.29. The van der Waals surface area contributed by atoms with Crippen molar-refractivity contribution in [3.8, 4) is 0 Å². The summed E-state index contributed by atoms with van der Waals surface area (Å²) in [5, 5.41) is 4.04. The van der Waals surface area contributed by atoms with Gasteiger partial charge in [-0.3, -0.25) is 0 Å². The molecule has 0 spiro atoms. The van der Waals surface area contributed by atoms with E-state index in [1.54, 1.807) is 11.8 Å². The molecule has 0 aliphatic rings. The maximum Gasteiger partial charge on any atom is 0.143 e. The molecule has 1 aromatic carbocycles. The summed E-state index contributed by atoms with van der Waals surface area (Å²) in [5.74, 6) is 2.44. The Morgan fingerprint density at radius 3 is 2.75 bits per heavy atom. The quantitative estimate of drug-likeness (QED) is 0.560. The molecule has 106 valence electrons. The van der Waals surface area contributed by atoms with Crippen LogP contribution in [0.15, 0.2) is 29.2 Å². The molecule has 20 heavy (non-hydrogen) atoms. The van der Waals surface area contributed by atoms with Crippen molar-refractivity contribution in [2.24, 2.45) is 0 Å². The first-order valence-electron chi connectivity index (χ1n) is 6.26. The van der Waals surface area contributed by atoms with Gasteiger partial charge in [0.2, 0.25) is 0 Å². The van der Waals surface area contributed by atoms with Crippen LogP contribution in [0.3, 0.4) is 0 Å². The fourth-order valence-corrected chi connectivity index (χ4v) is 3.20. The van der Waals surface area contributed by atoms with Gasteiger partial charge >= 0.3 is 0 Å². The van der Waals surface area contributed by atoms with Gasteiger partial charge in [0.25, 0.3) is 0 Å². The standard InChI is InChI=1S/C14H15ClIN3S/c1-3-17-14-13(16)9(2)18-12(19-14)8-20-11-7-5-4-6-10(11)15/h4-7H,3,8H2,1-2H3,(H,17,18,19). The molecule has 0 radical (unpaired) electrons. The summed E-state index contributed by atoms with van der Waals surface area (Å²) in [7, 11) is 0. The Labute approximate surface area is 142 Å². The number of aryl methyl sites for hydroxylation is 1. The largest absolute Gasteiger partial charge is 0.369 e. The van der Waals surface area contributed by atoms with Crippen LogP contribution in [0.5, 0.6) is 0 Å². The highest BCUT2D eigenvalue weighted by atomic mass is 127. The van der Waals surface area contributed by atoms with E-state index in [0.717, 1.165) is 37.4 Å². The average Bonchev–Trinajstić information content (AvgIpc) is 2.43. The van der Waals surface area contributed by atoms with E-state index in [4.69, 9.17) is 11.6 Å². The van der Waals surface area contributed by atoms with Gasteiger partial charge in [-0.15, -0.1) is 11.8 Å². The third-order valence-corrected chi connectivity index (χ3v) is 5.40. The Hall–Kier alpha value is -0.530. The van der Waals surface area contributed by atoms with Crippen molar-refractivity contribution in [2.45, 2.75) is 24.5 Å². The lowest BCUT2D eigenvalue weighted by molar-refractivity contribution is 0.974. The first kappa shape index (κ1) is 15.9. The number of hydrogen-bond acceptors (Lipinski definition) is 4. The van der Waals surface area contributed by atoms with Gasteiger partial charge in [-0.1, -0.05) is 23.7 Å². The van der Waals surface area contributed by atoms with Gasteiger partial charge in [-0.2, -0.15) is 0 Å². The zero-order valence-electron chi connectivity index (χ0n) is 11.3. The van der Waals surface area contributed by atoms with Crippen molar-refractivity contribution in [1.29, 1.82) is 0 Å². The van der Waals surface area contributed by atoms with E-state index < -0.39 is 0 Å². The average molecular weight is 420 g/mol. The normalized spacial score (nSPS) is 10.6. The zero-order chi connectivity index (χ0) is 14.5. The summed E-state index contributed by atoms with van der Waals surface area (Å²) < 4.78 is 1.08. The number of rotatable bonds is 5. The second-order valence-corrected chi connectivity index (χ2v) is 6.64. The van der Waals surface area contributed by atoms with Gasteiger partial charge in [-0.05, 0) is 48.6 Å². The minimum absolute atomic E-state index is 0.708. The number of aromatic nitrogens is 2. The van der Waals surface area contributed by atoms with Gasteiger partial charge < -0.3 is 5.32 Å². The molecule has 0 aliphatic carbocycles. The first-order chi connectivity index (χ1) is 9.61. The number of halogens is 2. The number of anilines is 1. The van der Waals surface area contributed by atoms with Crippen LogP contribution >= 0.6 is 46.0 Å². The van der Waals surface area contributed by atoms with Crippen LogP contribution in [-0.4, -0.2) is 16.5 Å². The van der Waals surface area contributed by atoms with E-state index in [1.165, 1.54) is 0 Å². The summed E-state index contributed by atoms with van der Waals surface area (Å²) in [5.41, 5.74) is 1.01. The van der Waals surface area contributed by atoms with E-state index in [-0.39, 0.29) is 0 Å². The number of nitrogens with one attached hydrogen (secondary N) is 1. The molecule has 0 saturated heterocycles. The molecule has 1 aromatic heterocycles. The fourth-order valence-electron chi connectivity index (χ4n) is 1.67. The zero-order valence-corrected chi connectivity index (χ0v) is 15.0. The molecule has 2 aromatic rings. The minimum Gasteiger partial charge on any atom is -0.369 e. The molecular weight excluding hydrogens is 405 g/mol. The Balaban J connectivity index is 2.16. The van der Waals surface area contributed by atoms with E-state index in [0.29, 0.717) is 5.75 Å². The van der Waals surface area contributed by atoms with E-state index in [9.17, 15) is 0 Å². The number of hydrogen-bond donors (Lipinski definition) is 1. The molecule has 2 rings (SSSR count). The van der Waals surface area contributed by atoms with Crippen LogP contribution < -0.4 is 5.32 Å². The summed E-state index contributed by atoms with van der Waals surface area (Å²) in [6.45, 7) is 4.92. The van der Waals surface area contributed by atoms with Crippen LogP contribution in [0, 0.1) is 10.5 Å². The Kier molecular flexibility index (Phi) is 5.92. The van der Waals surface area contributed by atoms with Crippen molar-refractivity contribution in [3.05, 3.63) is 44.4 Å². The molecular formula is C14H15ClIN3S. The van der Waals surface area contributed by atoms with Gasteiger partial charge in [0.15, 0.2) is 0 Å². The van der Waals surface area contributed by atoms with Crippen LogP contribution in [-0.2, 0) is 5.75 Å². The van der Waals surface area contributed by atoms with Crippen LogP contribution in [0.4, 0.5) is 5.82 Å². The Morgan fingerprint density at radius 2 is 2.05 bits per heavy atom. The Morgan fingerprint density at radius 1 is 1.30 bits per heavy atom. The molecule has 0 bridgehead atoms. The fraction of sp³-hybridized carbons (Fsp3) is 0.286. The number of thioether (sulfide) groups is 1. The monoisotopic (exact) mass is 419 g/mol. The third kappa shape index (κ3) is 3.99. The van der Waals surface area contributed by atoms with Crippen molar-refractivity contribution in [2.75, 3.05) is 11.9 Å². The highest BCUT2D eigenvalue weighted by Gasteiger charge is 2.09. The van der Waals surface area contributed by atoms with Gasteiger partial charge in [0.1, 0.15) is 11.6 Å². The maximum atomic E-state index is 6.15. The molecule has 0 saturated carbocycles. The van der Waals surface area contributed by atoms with Crippen molar-refractivity contribution in [1.82, 2.24) is 9.97 Å². The van der Waals surface area contributed by atoms with Crippen molar-refractivity contribution >= 4 is 51.8 Å².